The second-order valence-corrected chi connectivity index (χ2v) is 1.72. The lowest BCUT2D eigenvalue weighted by molar-refractivity contribution is 0.448. The third-order valence-electron chi connectivity index (χ3n) is 0.884. The number of likely N-dealkylation sites (N-methyl/N-ethyl adjacent to an activating group) is 1. The highest BCUT2D eigenvalue weighted by molar-refractivity contribution is 5.53. The Morgan fingerprint density at radius 1 is 1.78 bits per heavy atom. The van der Waals surface area contributed by atoms with Gasteiger partial charge in [-0.15, -0.1) is 0 Å². The van der Waals surface area contributed by atoms with Gasteiger partial charge in [-0.25, -0.2) is 5.84 Å². The van der Waals surface area contributed by atoms with Crippen LogP contribution in [-0.2, 0) is 0 Å². The number of nitrogens with zero attached hydrogens (tertiary/aromatic N) is 2. The molecule has 0 saturated carbocycles. The molecule has 0 bridgehead atoms. The van der Waals surface area contributed by atoms with Crippen molar-refractivity contribution < 1.29 is 0 Å². The number of nitrogens with one attached hydrogen (secondary N) is 1. The van der Waals surface area contributed by atoms with Gasteiger partial charge in [0.2, 0.25) is 0 Å². The lowest BCUT2D eigenvalue weighted by atomic mass is 10.6. The molecule has 4 heteroatoms. The van der Waals surface area contributed by atoms with Crippen molar-refractivity contribution in [3.63, 3.8) is 0 Å². The van der Waals surface area contributed by atoms with E-state index in [2.05, 4.69) is 10.3 Å². The number of hydrogen-bond donors (Lipinski definition) is 2. The van der Waals surface area contributed by atoms with Gasteiger partial charge in [-0.3, -0.25) is 4.99 Å². The highest BCUT2D eigenvalue weighted by Crippen LogP contribution is 1.67. The van der Waals surface area contributed by atoms with Crippen molar-refractivity contribution >= 4 is 6.34 Å². The zero-order chi connectivity index (χ0) is 7.11. The molecule has 0 saturated heterocycles. The fraction of sp³-hybridized carbons (Fsp3) is 0.800. The van der Waals surface area contributed by atoms with Gasteiger partial charge in [-0.05, 0) is 7.05 Å². The Balaban J connectivity index is 3.15. The fourth-order valence-electron chi connectivity index (χ4n) is 0.447. The Morgan fingerprint density at radius 3 is 2.89 bits per heavy atom. The average Bonchev–Trinajstić information content (AvgIpc) is 1.85. The minimum atomic E-state index is 0.786. The quantitative estimate of drug-likeness (QED) is 0.223. The smallest absolute Gasteiger partial charge is 0.0987 e. The van der Waals surface area contributed by atoms with Gasteiger partial charge < -0.3 is 10.3 Å². The monoisotopic (exact) mass is 130 g/mol. The standard InChI is InChI=1S/C5H14N4/c1-7-3-4-9(6)5-8-2/h5,7H,3-4,6H2,1-2H3. The predicted octanol–water partition coefficient (Wildman–Crippen LogP) is -0.960. The van der Waals surface area contributed by atoms with Crippen molar-refractivity contribution in [2.24, 2.45) is 10.8 Å². The van der Waals surface area contributed by atoms with Crippen LogP contribution in [0.3, 0.4) is 0 Å². The maximum absolute atomic E-state index is 5.41. The minimum Gasteiger partial charge on any atom is -0.318 e. The Morgan fingerprint density at radius 2 is 2.44 bits per heavy atom. The van der Waals surface area contributed by atoms with Gasteiger partial charge in [0.15, 0.2) is 0 Å². The molecule has 0 rings (SSSR count). The van der Waals surface area contributed by atoms with E-state index in [4.69, 9.17) is 5.84 Å². The molecule has 0 spiro atoms. The first-order valence-corrected chi connectivity index (χ1v) is 2.89. The van der Waals surface area contributed by atoms with Crippen LogP contribution in [0.4, 0.5) is 0 Å². The minimum absolute atomic E-state index is 0.786. The molecule has 0 aromatic carbocycles. The van der Waals surface area contributed by atoms with E-state index < -0.39 is 0 Å². The topological polar surface area (TPSA) is 53.6 Å². The number of rotatable bonds is 4. The van der Waals surface area contributed by atoms with Crippen molar-refractivity contribution in [3.8, 4) is 0 Å². The fourth-order valence-corrected chi connectivity index (χ4v) is 0.447. The molecule has 9 heavy (non-hydrogen) atoms. The summed E-state index contributed by atoms with van der Waals surface area (Å²) in [5.74, 6) is 5.41. The molecular weight excluding hydrogens is 116 g/mol. The summed E-state index contributed by atoms with van der Waals surface area (Å²) in [5, 5.41) is 4.51. The van der Waals surface area contributed by atoms with Gasteiger partial charge in [0.25, 0.3) is 0 Å². The average molecular weight is 130 g/mol. The summed E-state index contributed by atoms with van der Waals surface area (Å²) in [7, 11) is 3.58. The van der Waals surface area contributed by atoms with Gasteiger partial charge in [-0.2, -0.15) is 0 Å². The first kappa shape index (κ1) is 8.39. The van der Waals surface area contributed by atoms with Gasteiger partial charge in [0.1, 0.15) is 0 Å². The summed E-state index contributed by atoms with van der Waals surface area (Å²) in [6, 6.07) is 0. The Bertz CT molecular complexity index is 81.0. The van der Waals surface area contributed by atoms with Crippen LogP contribution in [-0.4, -0.2) is 38.5 Å². The van der Waals surface area contributed by atoms with Crippen LogP contribution in [0.1, 0.15) is 0 Å². The molecule has 0 unspecified atom stereocenters. The number of aliphatic imine (C=N–C) groups is 1. The number of nitrogens with two attached hydrogens (primary N) is 1. The van der Waals surface area contributed by atoms with Crippen LogP contribution >= 0.6 is 0 Å². The predicted molar refractivity (Wildman–Crippen MR) is 39.2 cm³/mol. The second kappa shape index (κ2) is 5.53. The van der Waals surface area contributed by atoms with Gasteiger partial charge in [0, 0.05) is 20.1 Å². The van der Waals surface area contributed by atoms with Gasteiger partial charge in [-0.1, -0.05) is 0 Å². The van der Waals surface area contributed by atoms with Crippen molar-refractivity contribution in [3.05, 3.63) is 0 Å². The molecule has 0 fully saturated rings. The molecule has 3 N–H and O–H groups in total. The zero-order valence-corrected chi connectivity index (χ0v) is 5.96. The Kier molecular flexibility index (Phi) is 5.15. The van der Waals surface area contributed by atoms with Crippen molar-refractivity contribution in [1.82, 2.24) is 10.3 Å². The van der Waals surface area contributed by atoms with E-state index in [0.717, 1.165) is 13.1 Å². The first-order chi connectivity index (χ1) is 4.31. The molecule has 0 amide bonds. The van der Waals surface area contributed by atoms with Crippen LogP contribution < -0.4 is 11.2 Å². The van der Waals surface area contributed by atoms with E-state index in [0.29, 0.717) is 0 Å². The highest BCUT2D eigenvalue weighted by Gasteiger charge is 1.86. The van der Waals surface area contributed by atoms with Crippen molar-refractivity contribution in [1.29, 1.82) is 0 Å². The van der Waals surface area contributed by atoms with E-state index in [1.54, 1.807) is 13.4 Å². The van der Waals surface area contributed by atoms with Crippen molar-refractivity contribution in [2.45, 2.75) is 0 Å². The van der Waals surface area contributed by atoms with Crippen LogP contribution in [0.25, 0.3) is 0 Å². The Labute approximate surface area is 55.7 Å². The van der Waals surface area contributed by atoms with E-state index in [9.17, 15) is 0 Å². The summed E-state index contributed by atoms with van der Waals surface area (Å²) in [4.78, 5) is 3.74. The molecule has 0 aromatic heterocycles. The summed E-state index contributed by atoms with van der Waals surface area (Å²) in [6.45, 7) is 1.66. The number of hydrogen-bond acceptors (Lipinski definition) is 3. The van der Waals surface area contributed by atoms with Crippen LogP contribution in [0, 0.1) is 0 Å². The largest absolute Gasteiger partial charge is 0.318 e. The van der Waals surface area contributed by atoms with E-state index in [-0.39, 0.29) is 0 Å². The molecule has 0 aromatic rings. The third-order valence-corrected chi connectivity index (χ3v) is 0.884. The molecule has 4 nitrogen and oxygen atoms in total. The van der Waals surface area contributed by atoms with Crippen molar-refractivity contribution in [2.75, 3.05) is 27.2 Å². The van der Waals surface area contributed by atoms with Crippen LogP contribution in [0.5, 0.6) is 0 Å². The zero-order valence-electron chi connectivity index (χ0n) is 5.96. The maximum atomic E-state index is 5.41. The molecule has 0 heterocycles. The molecule has 0 atom stereocenters. The van der Waals surface area contributed by atoms with E-state index in [1.807, 2.05) is 7.05 Å². The summed E-state index contributed by atoms with van der Waals surface area (Å²) >= 11 is 0. The molecule has 0 aliphatic heterocycles. The van der Waals surface area contributed by atoms with Gasteiger partial charge >= 0.3 is 0 Å². The summed E-state index contributed by atoms with van der Waals surface area (Å²) in [6.07, 6.45) is 1.59. The van der Waals surface area contributed by atoms with Gasteiger partial charge in [0.05, 0.1) is 6.34 Å². The van der Waals surface area contributed by atoms with Crippen LogP contribution in [0.2, 0.25) is 0 Å². The molecule has 0 aliphatic rings. The lowest BCUT2D eigenvalue weighted by Crippen LogP contribution is -2.35. The molecule has 0 radical (unpaired) electrons. The highest BCUT2D eigenvalue weighted by atomic mass is 15.4. The normalized spacial score (nSPS) is 10.6. The third kappa shape index (κ3) is 5.26. The maximum Gasteiger partial charge on any atom is 0.0987 e. The summed E-state index contributed by atoms with van der Waals surface area (Å²) in [5.41, 5.74) is 0. The van der Waals surface area contributed by atoms with E-state index in [1.165, 1.54) is 5.01 Å². The number of hydrazine groups is 1. The summed E-state index contributed by atoms with van der Waals surface area (Å²) < 4.78 is 0. The van der Waals surface area contributed by atoms with E-state index >= 15 is 0 Å². The SMILES string of the molecule is CN=CN(N)CCNC. The molecular formula is C5H14N4. The Hall–Kier alpha value is -0.610. The van der Waals surface area contributed by atoms with Crippen LogP contribution in [0.15, 0.2) is 4.99 Å². The molecule has 0 aliphatic carbocycles. The lowest BCUT2D eigenvalue weighted by Gasteiger charge is -2.10. The second-order valence-electron chi connectivity index (χ2n) is 1.72. The first-order valence-electron chi connectivity index (χ1n) is 2.89. The molecule has 54 valence electrons.